The quantitative estimate of drug-likeness (QED) is 0.744. The predicted octanol–water partition coefficient (Wildman–Crippen LogP) is 1.69. The number of hydrogen-bond donors (Lipinski definition) is 3. The zero-order valence-corrected chi connectivity index (χ0v) is 16.1. The fourth-order valence-electron chi connectivity index (χ4n) is 5.01. The number of aromatic hydroxyl groups is 1. The molecule has 0 amide bonds. The van der Waals surface area contributed by atoms with E-state index in [2.05, 4.69) is 25.3 Å². The number of aromatic nitrogens is 2. The lowest BCUT2D eigenvalue weighted by Crippen LogP contribution is -2.69. The van der Waals surface area contributed by atoms with Crippen LogP contribution < -0.4 is 16.0 Å². The van der Waals surface area contributed by atoms with Crippen molar-refractivity contribution < 1.29 is 5.11 Å². The van der Waals surface area contributed by atoms with E-state index in [9.17, 15) is 5.11 Å². The van der Waals surface area contributed by atoms with Crippen LogP contribution in [-0.4, -0.2) is 65.0 Å². The Labute approximate surface area is 165 Å². The summed E-state index contributed by atoms with van der Waals surface area (Å²) >= 11 is 0. The number of rotatable bonds is 4. The first-order chi connectivity index (χ1) is 13.7. The Kier molecular flexibility index (Phi) is 4.56. The highest BCUT2D eigenvalue weighted by atomic mass is 16.3. The SMILES string of the molecule is Nc1nnc(-c2ccccc2O)cc1N1CC2CC(C1)N2CC1CCNCC1. The minimum atomic E-state index is 0.210. The van der Waals surface area contributed by atoms with E-state index in [1.807, 2.05) is 18.2 Å². The standard InChI is InChI=1S/C21H28N6O/c22-21-19(10-18(24-25-21)17-3-1-2-4-20(17)28)26-12-15-9-16(13-26)27(15)11-14-5-7-23-8-6-14/h1-4,10,14-16,23,28H,5-9,11-13H2,(H2,22,25). The average Bonchev–Trinajstić information content (AvgIpc) is 2.74. The number of anilines is 2. The van der Waals surface area contributed by atoms with Crippen LogP contribution in [0.3, 0.4) is 0 Å². The van der Waals surface area contributed by atoms with E-state index in [4.69, 9.17) is 5.73 Å². The molecule has 7 heteroatoms. The fourth-order valence-corrected chi connectivity index (χ4v) is 5.01. The van der Waals surface area contributed by atoms with Gasteiger partial charge in [0.25, 0.3) is 0 Å². The van der Waals surface area contributed by atoms with Gasteiger partial charge in [-0.25, -0.2) is 0 Å². The summed E-state index contributed by atoms with van der Waals surface area (Å²) in [6, 6.07) is 10.4. The molecule has 4 aliphatic heterocycles. The number of piperidine rings is 2. The van der Waals surface area contributed by atoms with Crippen LogP contribution in [0.4, 0.5) is 11.5 Å². The summed E-state index contributed by atoms with van der Waals surface area (Å²) in [5.41, 5.74) is 8.46. The van der Waals surface area contributed by atoms with E-state index in [1.54, 1.807) is 12.1 Å². The molecule has 2 unspecified atom stereocenters. The maximum Gasteiger partial charge on any atom is 0.169 e. The molecule has 4 N–H and O–H groups in total. The summed E-state index contributed by atoms with van der Waals surface area (Å²) in [6.45, 7) is 5.52. The zero-order valence-electron chi connectivity index (χ0n) is 16.1. The van der Waals surface area contributed by atoms with Crippen LogP contribution in [-0.2, 0) is 0 Å². The van der Waals surface area contributed by atoms with Crippen molar-refractivity contribution in [1.29, 1.82) is 0 Å². The minimum absolute atomic E-state index is 0.210. The van der Waals surface area contributed by atoms with Crippen LogP contribution in [0, 0.1) is 5.92 Å². The Balaban J connectivity index is 1.31. The maximum atomic E-state index is 10.2. The van der Waals surface area contributed by atoms with Crippen molar-refractivity contribution in [3.05, 3.63) is 30.3 Å². The highest BCUT2D eigenvalue weighted by molar-refractivity contribution is 5.74. The molecule has 6 rings (SSSR count). The number of phenols is 1. The summed E-state index contributed by atoms with van der Waals surface area (Å²) < 4.78 is 0. The van der Waals surface area contributed by atoms with Gasteiger partial charge in [0.05, 0.1) is 11.4 Å². The Morgan fingerprint density at radius 3 is 2.61 bits per heavy atom. The molecule has 2 atom stereocenters. The van der Waals surface area contributed by atoms with Crippen molar-refractivity contribution in [2.45, 2.75) is 31.3 Å². The number of hydrogen-bond acceptors (Lipinski definition) is 7. The molecule has 148 valence electrons. The first kappa shape index (κ1) is 17.7. The molecule has 5 heterocycles. The Hall–Kier alpha value is -2.38. The van der Waals surface area contributed by atoms with Crippen LogP contribution in [0.15, 0.2) is 30.3 Å². The number of fused-ring (bicyclic) bond motifs is 2. The van der Waals surface area contributed by atoms with Crippen molar-refractivity contribution >= 4 is 11.5 Å². The second-order valence-corrected chi connectivity index (χ2v) is 8.36. The highest BCUT2D eigenvalue weighted by Gasteiger charge is 2.45. The number of benzene rings is 1. The number of nitrogen functional groups attached to an aromatic ring is 1. The predicted molar refractivity (Wildman–Crippen MR) is 110 cm³/mol. The van der Waals surface area contributed by atoms with Gasteiger partial charge in [0, 0.05) is 37.3 Å². The normalized spacial score (nSPS) is 25.5. The number of phenolic OH excluding ortho intramolecular Hbond substituents is 1. The van der Waals surface area contributed by atoms with E-state index < -0.39 is 0 Å². The first-order valence-corrected chi connectivity index (χ1v) is 10.3. The smallest absolute Gasteiger partial charge is 0.169 e. The third kappa shape index (κ3) is 3.18. The van der Waals surface area contributed by atoms with E-state index >= 15 is 0 Å². The molecule has 0 spiro atoms. The van der Waals surface area contributed by atoms with Gasteiger partial charge in [0.2, 0.25) is 0 Å². The zero-order chi connectivity index (χ0) is 19.1. The van der Waals surface area contributed by atoms with Crippen molar-refractivity contribution in [3.63, 3.8) is 0 Å². The van der Waals surface area contributed by atoms with E-state index in [0.29, 0.717) is 29.2 Å². The van der Waals surface area contributed by atoms with Crippen molar-refractivity contribution in [1.82, 2.24) is 20.4 Å². The van der Waals surface area contributed by atoms with Gasteiger partial charge >= 0.3 is 0 Å². The molecule has 1 aromatic heterocycles. The lowest BCUT2D eigenvalue weighted by molar-refractivity contribution is -0.0167. The lowest BCUT2D eigenvalue weighted by atomic mass is 9.84. The Morgan fingerprint density at radius 2 is 1.86 bits per heavy atom. The molecule has 4 saturated heterocycles. The van der Waals surface area contributed by atoms with Gasteiger partial charge in [-0.2, -0.15) is 0 Å². The largest absolute Gasteiger partial charge is 0.507 e. The summed E-state index contributed by atoms with van der Waals surface area (Å²) in [6.07, 6.45) is 3.88. The number of piperazine rings is 1. The molecule has 0 radical (unpaired) electrons. The molecule has 4 aliphatic rings. The molecule has 4 fully saturated rings. The third-order valence-electron chi connectivity index (χ3n) is 6.59. The van der Waals surface area contributed by atoms with E-state index in [-0.39, 0.29) is 5.75 Å². The van der Waals surface area contributed by atoms with Crippen LogP contribution >= 0.6 is 0 Å². The summed E-state index contributed by atoms with van der Waals surface area (Å²) in [5, 5.41) is 22.0. The van der Waals surface area contributed by atoms with Gasteiger partial charge in [-0.15, -0.1) is 10.2 Å². The molecule has 2 aromatic rings. The van der Waals surface area contributed by atoms with Gasteiger partial charge in [-0.3, -0.25) is 4.90 Å². The Bertz CT molecular complexity index is 841. The fraction of sp³-hybridized carbons (Fsp3) is 0.524. The molecule has 2 bridgehead atoms. The molecule has 0 aliphatic carbocycles. The van der Waals surface area contributed by atoms with Gasteiger partial charge in [0.15, 0.2) is 5.82 Å². The minimum Gasteiger partial charge on any atom is -0.507 e. The molecular weight excluding hydrogens is 352 g/mol. The van der Waals surface area contributed by atoms with Crippen LogP contribution in [0.1, 0.15) is 19.3 Å². The summed E-state index contributed by atoms with van der Waals surface area (Å²) in [5.74, 6) is 1.51. The van der Waals surface area contributed by atoms with Crippen LogP contribution in [0.2, 0.25) is 0 Å². The van der Waals surface area contributed by atoms with Crippen molar-refractivity contribution in [2.75, 3.05) is 43.4 Å². The first-order valence-electron chi connectivity index (χ1n) is 10.3. The summed E-state index contributed by atoms with van der Waals surface area (Å²) in [7, 11) is 0. The van der Waals surface area contributed by atoms with Crippen LogP contribution in [0.25, 0.3) is 11.3 Å². The number of nitrogens with two attached hydrogens (primary N) is 1. The van der Waals surface area contributed by atoms with Gasteiger partial charge in [0.1, 0.15) is 5.75 Å². The number of para-hydroxylation sites is 1. The molecule has 28 heavy (non-hydrogen) atoms. The molecule has 7 nitrogen and oxygen atoms in total. The van der Waals surface area contributed by atoms with Gasteiger partial charge in [-0.05, 0) is 56.5 Å². The number of nitrogens with one attached hydrogen (secondary N) is 1. The topological polar surface area (TPSA) is 90.5 Å². The average molecular weight is 380 g/mol. The van der Waals surface area contributed by atoms with Gasteiger partial charge in [-0.1, -0.05) is 12.1 Å². The summed E-state index contributed by atoms with van der Waals surface area (Å²) in [4.78, 5) is 5.06. The monoisotopic (exact) mass is 380 g/mol. The second kappa shape index (κ2) is 7.22. The van der Waals surface area contributed by atoms with Gasteiger partial charge < -0.3 is 21.1 Å². The number of nitrogens with zero attached hydrogens (tertiary/aromatic N) is 4. The van der Waals surface area contributed by atoms with Crippen molar-refractivity contribution in [3.8, 4) is 17.0 Å². The molecular formula is C21H28N6O. The second-order valence-electron chi connectivity index (χ2n) is 8.36. The van der Waals surface area contributed by atoms with E-state index in [1.165, 1.54) is 25.8 Å². The third-order valence-corrected chi connectivity index (χ3v) is 6.59. The van der Waals surface area contributed by atoms with Crippen molar-refractivity contribution in [2.24, 2.45) is 5.92 Å². The molecule has 0 saturated carbocycles. The lowest BCUT2D eigenvalue weighted by Gasteiger charge is -2.58. The van der Waals surface area contributed by atoms with Crippen LogP contribution in [0.5, 0.6) is 5.75 Å². The molecule has 1 aromatic carbocycles. The highest BCUT2D eigenvalue weighted by Crippen LogP contribution is 2.38. The Morgan fingerprint density at radius 1 is 1.11 bits per heavy atom. The maximum absolute atomic E-state index is 10.2. The van der Waals surface area contributed by atoms with E-state index in [0.717, 1.165) is 37.8 Å².